The Labute approximate surface area is 185 Å². The number of aryl methyl sites for hydroxylation is 4. The van der Waals surface area contributed by atoms with Gasteiger partial charge in [-0.15, -0.1) is 0 Å². The molecule has 0 unspecified atom stereocenters. The number of hydrogen-bond acceptors (Lipinski definition) is 5. The van der Waals surface area contributed by atoms with Crippen LogP contribution in [0.3, 0.4) is 0 Å². The molecule has 0 radical (unpaired) electrons. The lowest BCUT2D eigenvalue weighted by Crippen LogP contribution is -2.25. The highest BCUT2D eigenvalue weighted by molar-refractivity contribution is 5.93. The van der Waals surface area contributed by atoms with E-state index in [1.807, 2.05) is 57.2 Å². The zero-order valence-electron chi connectivity index (χ0n) is 18.4. The number of carbonyl (C=O) groups is 1. The maximum absolute atomic E-state index is 13.1. The van der Waals surface area contributed by atoms with E-state index < -0.39 is 0 Å². The van der Waals surface area contributed by atoms with Crippen molar-refractivity contribution in [3.8, 4) is 5.69 Å². The minimum Gasteiger partial charge on any atom is -0.397 e. The van der Waals surface area contributed by atoms with Crippen molar-refractivity contribution in [2.45, 2.75) is 40.2 Å². The molecule has 3 N–H and O–H groups in total. The monoisotopic (exact) mass is 430 g/mol. The number of amides is 1. The van der Waals surface area contributed by atoms with Gasteiger partial charge < -0.3 is 11.1 Å². The summed E-state index contributed by atoms with van der Waals surface area (Å²) >= 11 is 0. The average Bonchev–Trinajstić information content (AvgIpc) is 3.12. The highest BCUT2D eigenvalue weighted by Gasteiger charge is 2.17. The number of hydrogen-bond donors (Lipinski definition) is 2. The van der Waals surface area contributed by atoms with Crippen molar-refractivity contribution in [3.63, 3.8) is 0 Å². The van der Waals surface area contributed by atoms with Gasteiger partial charge in [0, 0.05) is 13.0 Å². The van der Waals surface area contributed by atoms with Gasteiger partial charge in [0.15, 0.2) is 5.52 Å². The van der Waals surface area contributed by atoms with Crippen LogP contribution in [0, 0.1) is 20.8 Å². The maximum Gasteiger partial charge on any atom is 0.295 e. The normalized spacial score (nSPS) is 11.1. The fourth-order valence-corrected chi connectivity index (χ4v) is 3.79. The molecule has 32 heavy (non-hydrogen) atoms. The largest absolute Gasteiger partial charge is 0.397 e. The van der Waals surface area contributed by atoms with E-state index in [0.29, 0.717) is 29.9 Å². The highest BCUT2D eigenvalue weighted by Crippen LogP contribution is 2.21. The summed E-state index contributed by atoms with van der Waals surface area (Å²) in [6, 6.07) is 15.1. The molecule has 8 heteroatoms. The molecular formula is C24H26N6O2. The Morgan fingerprint density at radius 1 is 1.03 bits per heavy atom. The Morgan fingerprint density at radius 3 is 2.47 bits per heavy atom. The van der Waals surface area contributed by atoms with E-state index in [2.05, 4.69) is 15.5 Å². The molecule has 2 aromatic heterocycles. The lowest BCUT2D eigenvalue weighted by Gasteiger charge is -2.09. The molecule has 0 aliphatic carbocycles. The van der Waals surface area contributed by atoms with E-state index in [0.717, 1.165) is 28.0 Å². The van der Waals surface area contributed by atoms with Gasteiger partial charge in [0.25, 0.3) is 5.56 Å². The summed E-state index contributed by atoms with van der Waals surface area (Å²) in [5, 5.41) is 12.6. The number of anilines is 2. The van der Waals surface area contributed by atoms with Crippen molar-refractivity contribution in [2.75, 3.05) is 11.1 Å². The maximum atomic E-state index is 13.1. The minimum absolute atomic E-state index is 0.159. The third kappa shape index (κ3) is 4.12. The summed E-state index contributed by atoms with van der Waals surface area (Å²) in [5.74, 6) is -0.159. The lowest BCUT2D eigenvalue weighted by atomic mass is 10.2. The average molecular weight is 431 g/mol. The summed E-state index contributed by atoms with van der Waals surface area (Å²) in [7, 11) is 0. The minimum atomic E-state index is -0.257. The smallest absolute Gasteiger partial charge is 0.295 e. The first-order valence-corrected chi connectivity index (χ1v) is 10.5. The molecule has 0 spiro atoms. The predicted octanol–water partition coefficient (Wildman–Crippen LogP) is 3.51. The van der Waals surface area contributed by atoms with E-state index in [9.17, 15) is 9.59 Å². The van der Waals surface area contributed by atoms with Crippen LogP contribution in [0.2, 0.25) is 0 Å². The second kappa shape index (κ2) is 8.66. The summed E-state index contributed by atoms with van der Waals surface area (Å²) in [4.78, 5) is 25.3. The Balaban J connectivity index is 1.53. The van der Waals surface area contributed by atoms with Crippen LogP contribution in [0.15, 0.2) is 53.3 Å². The Morgan fingerprint density at radius 2 is 1.75 bits per heavy atom. The lowest BCUT2D eigenvalue weighted by molar-refractivity contribution is -0.116. The highest BCUT2D eigenvalue weighted by atomic mass is 16.1. The summed E-state index contributed by atoms with van der Waals surface area (Å²) in [5.41, 5.74) is 10.7. The standard InChI is InChI=1S/C24H26N6O2/c1-15-10-12-18(13-11-15)30-17(3)22-16(2)27-29(24(32)23(22)28-30)14-6-9-21(31)26-20-8-5-4-7-19(20)25/h4-5,7-8,10-13H,6,9,14,25H2,1-3H3,(H,26,31). The number of fused-ring (bicyclic) bond motifs is 1. The number of benzene rings is 2. The van der Waals surface area contributed by atoms with Crippen molar-refractivity contribution in [2.24, 2.45) is 0 Å². The van der Waals surface area contributed by atoms with Gasteiger partial charge in [-0.05, 0) is 51.5 Å². The molecule has 8 nitrogen and oxygen atoms in total. The van der Waals surface area contributed by atoms with Gasteiger partial charge in [0.05, 0.1) is 33.8 Å². The van der Waals surface area contributed by atoms with E-state index in [-0.39, 0.29) is 17.9 Å². The molecule has 4 aromatic rings. The zero-order chi connectivity index (χ0) is 22.8. The molecule has 0 saturated carbocycles. The molecular weight excluding hydrogens is 404 g/mol. The quantitative estimate of drug-likeness (QED) is 0.455. The molecule has 2 aromatic carbocycles. The third-order valence-corrected chi connectivity index (χ3v) is 5.47. The third-order valence-electron chi connectivity index (χ3n) is 5.47. The van der Waals surface area contributed by atoms with Gasteiger partial charge in [-0.1, -0.05) is 29.8 Å². The van der Waals surface area contributed by atoms with Crippen molar-refractivity contribution < 1.29 is 4.79 Å². The fourth-order valence-electron chi connectivity index (χ4n) is 3.79. The second-order valence-corrected chi connectivity index (χ2v) is 7.91. The molecule has 0 aliphatic rings. The number of nitrogens with two attached hydrogens (primary N) is 1. The SMILES string of the molecule is Cc1ccc(-n2nc3c(=O)n(CCCC(=O)Nc4ccccc4N)nc(C)c3c2C)cc1. The van der Waals surface area contributed by atoms with Gasteiger partial charge in [0.1, 0.15) is 0 Å². The van der Waals surface area contributed by atoms with Crippen molar-refractivity contribution in [3.05, 3.63) is 75.8 Å². The van der Waals surface area contributed by atoms with Crippen LogP contribution in [0.1, 0.15) is 29.8 Å². The van der Waals surface area contributed by atoms with Gasteiger partial charge in [-0.25, -0.2) is 9.36 Å². The van der Waals surface area contributed by atoms with Crippen LogP contribution in [-0.4, -0.2) is 25.5 Å². The van der Waals surface area contributed by atoms with Crippen LogP contribution >= 0.6 is 0 Å². The van der Waals surface area contributed by atoms with E-state index in [1.165, 1.54) is 4.68 Å². The first kappa shape index (κ1) is 21.3. The number of nitrogens with zero attached hydrogens (tertiary/aromatic N) is 4. The van der Waals surface area contributed by atoms with Crippen LogP contribution in [0.25, 0.3) is 16.6 Å². The van der Waals surface area contributed by atoms with E-state index >= 15 is 0 Å². The molecule has 4 rings (SSSR count). The van der Waals surface area contributed by atoms with Gasteiger partial charge in [0.2, 0.25) is 5.91 Å². The predicted molar refractivity (Wildman–Crippen MR) is 126 cm³/mol. The summed E-state index contributed by atoms with van der Waals surface area (Å²) < 4.78 is 3.18. The topological polar surface area (TPSA) is 108 Å². The summed E-state index contributed by atoms with van der Waals surface area (Å²) in [6.07, 6.45) is 0.713. The first-order chi connectivity index (χ1) is 15.3. The van der Waals surface area contributed by atoms with Gasteiger partial charge in [-0.3, -0.25) is 9.59 Å². The molecule has 164 valence electrons. The Kier molecular flexibility index (Phi) is 5.77. The number of rotatable bonds is 6. The van der Waals surface area contributed by atoms with Gasteiger partial charge >= 0.3 is 0 Å². The van der Waals surface area contributed by atoms with Crippen LogP contribution in [0.4, 0.5) is 11.4 Å². The number of nitrogen functional groups attached to an aromatic ring is 1. The zero-order valence-corrected chi connectivity index (χ0v) is 18.4. The molecule has 2 heterocycles. The Hall–Kier alpha value is -3.94. The fraction of sp³-hybridized carbons (Fsp3) is 0.250. The van der Waals surface area contributed by atoms with Crippen molar-refractivity contribution in [1.82, 2.24) is 19.6 Å². The molecule has 0 saturated heterocycles. The van der Waals surface area contributed by atoms with Crippen LogP contribution in [0.5, 0.6) is 0 Å². The van der Waals surface area contributed by atoms with Crippen molar-refractivity contribution in [1.29, 1.82) is 0 Å². The van der Waals surface area contributed by atoms with E-state index in [1.54, 1.807) is 16.8 Å². The van der Waals surface area contributed by atoms with E-state index in [4.69, 9.17) is 5.73 Å². The van der Waals surface area contributed by atoms with Crippen LogP contribution in [-0.2, 0) is 11.3 Å². The molecule has 0 aliphatic heterocycles. The molecule has 0 bridgehead atoms. The van der Waals surface area contributed by atoms with Crippen LogP contribution < -0.4 is 16.6 Å². The molecule has 1 amide bonds. The molecule has 0 fully saturated rings. The number of para-hydroxylation sites is 2. The second-order valence-electron chi connectivity index (χ2n) is 7.91. The molecule has 0 atom stereocenters. The Bertz CT molecular complexity index is 1350. The number of aromatic nitrogens is 4. The number of nitrogens with one attached hydrogen (secondary N) is 1. The first-order valence-electron chi connectivity index (χ1n) is 10.5. The summed E-state index contributed by atoms with van der Waals surface area (Å²) in [6.45, 7) is 6.16. The van der Waals surface area contributed by atoms with Crippen molar-refractivity contribution >= 4 is 28.2 Å². The number of carbonyl (C=O) groups excluding carboxylic acids is 1. The van der Waals surface area contributed by atoms with Gasteiger partial charge in [-0.2, -0.15) is 10.2 Å².